The molecule has 1 N–H and O–H groups in total. The van der Waals surface area contributed by atoms with Crippen LogP contribution in [0, 0.1) is 13.7 Å². The van der Waals surface area contributed by atoms with Crippen LogP contribution in [-0.4, -0.2) is 16.4 Å². The van der Waals surface area contributed by atoms with E-state index in [0.29, 0.717) is 10.7 Å². The van der Waals surface area contributed by atoms with Crippen molar-refractivity contribution in [2.24, 2.45) is 0 Å². The number of rotatable bonds is 4. The minimum atomic E-state index is 0.164. The van der Waals surface area contributed by atoms with Crippen molar-refractivity contribution >= 4 is 24.0 Å². The molecular weight excluding hydrogens is 310 g/mol. The maximum Gasteiger partial charge on any atom is 0.173 e. The molecule has 0 amide bonds. The smallest absolute Gasteiger partial charge is 0.173 e. The van der Waals surface area contributed by atoms with Crippen LogP contribution in [0.5, 0.6) is 5.75 Å². The number of halogens is 1. The van der Waals surface area contributed by atoms with E-state index in [1.165, 1.54) is 0 Å². The molecule has 0 unspecified atom stereocenters. The first-order valence-corrected chi connectivity index (χ1v) is 7.39. The van der Waals surface area contributed by atoms with E-state index in [1.54, 1.807) is 29.3 Å². The molecule has 0 aliphatic rings. The Balaban J connectivity index is 1.90. The van der Waals surface area contributed by atoms with Crippen LogP contribution in [0.3, 0.4) is 0 Å². The lowest BCUT2D eigenvalue weighted by atomic mass is 10.2. The van der Waals surface area contributed by atoms with Crippen molar-refractivity contribution < 1.29 is 13.7 Å². The predicted octanol–water partition coefficient (Wildman–Crippen LogP) is 5.19. The molecule has 2 aromatic carbocycles. The molecule has 0 atom stereocenters. The molecular formula is C19H16ClNO2. The lowest BCUT2D eigenvalue weighted by Crippen LogP contribution is -2.00. The van der Waals surface area contributed by atoms with Crippen LogP contribution in [-0.2, 0) is 0 Å². The summed E-state index contributed by atoms with van der Waals surface area (Å²) in [6.45, 7) is 5.71. The minimum Gasteiger partial charge on any atom is -0.673 e. The van der Waals surface area contributed by atoms with Gasteiger partial charge >= 0.3 is 0 Å². The van der Waals surface area contributed by atoms with Crippen LogP contribution >= 0.6 is 11.6 Å². The van der Waals surface area contributed by atoms with Gasteiger partial charge in [-0.25, -0.2) is 0 Å². The van der Waals surface area contributed by atoms with Crippen LogP contribution in [0.1, 0.15) is 5.76 Å². The molecule has 1 heterocycles. The summed E-state index contributed by atoms with van der Waals surface area (Å²) < 4.78 is 4.30. The van der Waals surface area contributed by atoms with Crippen LogP contribution in [0.15, 0.2) is 64.7 Å². The molecule has 3 aromatic rings. The number of furan rings is 1. The molecule has 3 rings (SSSR count). The highest BCUT2D eigenvalue weighted by Gasteiger charge is 2.13. The standard InChI is InChI=1S/C19H16ClNO2/c1-21(17-9-5-6-10-18(17)22)13-14-11-12-19(23(14)2)15-7-3-4-8-16(15)20/h3-13,22H,1-2H2. The molecule has 116 valence electrons. The van der Waals surface area contributed by atoms with E-state index >= 15 is 0 Å². The van der Waals surface area contributed by atoms with Crippen molar-refractivity contribution in [2.75, 3.05) is 0 Å². The second kappa shape index (κ2) is 6.15. The van der Waals surface area contributed by atoms with Gasteiger partial charge in [-0.1, -0.05) is 54.1 Å². The highest BCUT2D eigenvalue weighted by atomic mass is 35.5. The largest absolute Gasteiger partial charge is 0.673 e. The number of aromatic hydroxyl groups is 1. The number of hydrogen-bond donors (Lipinski definition) is 1. The first kappa shape index (κ1) is 15.1. The SMILES string of the molecule is C=[N+]([CH-]c1ccc(-c2ccccc2Cl)[o+]1[CH2-])c1ccccc1O. The topological polar surface area (TPSA) is 25.9 Å². The van der Waals surface area contributed by atoms with Gasteiger partial charge in [0.15, 0.2) is 11.4 Å². The summed E-state index contributed by atoms with van der Waals surface area (Å²) in [5, 5.41) is 10.6. The van der Waals surface area contributed by atoms with E-state index < -0.39 is 0 Å². The first-order valence-electron chi connectivity index (χ1n) is 7.01. The van der Waals surface area contributed by atoms with Crippen molar-refractivity contribution in [1.29, 1.82) is 0 Å². The van der Waals surface area contributed by atoms with Crippen molar-refractivity contribution in [2.45, 2.75) is 0 Å². The van der Waals surface area contributed by atoms with Gasteiger partial charge in [0.05, 0.1) is 13.8 Å². The Morgan fingerprint density at radius 1 is 1.04 bits per heavy atom. The van der Waals surface area contributed by atoms with Gasteiger partial charge < -0.3 is 9.15 Å². The number of para-hydroxylation sites is 2. The molecule has 4 heteroatoms. The molecule has 3 nitrogen and oxygen atoms in total. The summed E-state index contributed by atoms with van der Waals surface area (Å²) in [6.07, 6.45) is 0. The van der Waals surface area contributed by atoms with Gasteiger partial charge in [0.2, 0.25) is 0 Å². The zero-order valence-corrected chi connectivity index (χ0v) is 13.2. The van der Waals surface area contributed by atoms with Gasteiger partial charge in [0, 0.05) is 10.6 Å². The highest BCUT2D eigenvalue weighted by Crippen LogP contribution is 2.34. The summed E-state index contributed by atoms with van der Waals surface area (Å²) in [4.78, 5) is 0. The molecule has 0 saturated heterocycles. The number of nitrogens with zero attached hydrogens (tertiary/aromatic N) is 1. The van der Waals surface area contributed by atoms with Gasteiger partial charge in [-0.2, -0.15) is 0 Å². The van der Waals surface area contributed by atoms with Gasteiger partial charge in [-0.3, -0.25) is 4.58 Å². The predicted molar refractivity (Wildman–Crippen MR) is 93.1 cm³/mol. The second-order valence-electron chi connectivity index (χ2n) is 5.06. The normalized spacial score (nSPS) is 10.5. The Morgan fingerprint density at radius 2 is 1.74 bits per heavy atom. The van der Waals surface area contributed by atoms with Crippen LogP contribution in [0.2, 0.25) is 5.02 Å². The number of hydrogen-bond acceptors (Lipinski definition) is 1. The average molecular weight is 326 g/mol. The molecule has 0 saturated carbocycles. The molecule has 0 bridgehead atoms. The van der Waals surface area contributed by atoms with E-state index in [1.807, 2.05) is 42.5 Å². The maximum atomic E-state index is 9.90. The van der Waals surface area contributed by atoms with Gasteiger partial charge in [-0.15, -0.1) is 0 Å². The van der Waals surface area contributed by atoms with Gasteiger partial charge in [0.1, 0.15) is 18.1 Å². The Labute approximate surface area is 140 Å². The van der Waals surface area contributed by atoms with E-state index in [-0.39, 0.29) is 5.75 Å². The van der Waals surface area contributed by atoms with Crippen LogP contribution in [0.25, 0.3) is 11.3 Å². The quantitative estimate of drug-likeness (QED) is 0.304. The lowest BCUT2D eigenvalue weighted by Gasteiger charge is -2.16. The molecule has 0 fully saturated rings. The van der Waals surface area contributed by atoms with E-state index in [2.05, 4.69) is 17.9 Å². The fourth-order valence-electron chi connectivity index (χ4n) is 2.37. The number of phenols is 1. The fraction of sp³-hybridized carbons (Fsp3) is 0. The van der Waals surface area contributed by atoms with Crippen LogP contribution in [0.4, 0.5) is 5.69 Å². The zero-order chi connectivity index (χ0) is 16.4. The Kier molecular flexibility index (Phi) is 4.04. The molecule has 23 heavy (non-hydrogen) atoms. The third kappa shape index (κ3) is 2.91. The minimum absolute atomic E-state index is 0.164. The Morgan fingerprint density at radius 3 is 2.48 bits per heavy atom. The monoisotopic (exact) mass is 325 g/mol. The number of phenolic OH excluding ortho intramolecular Hbond substituents is 1. The summed E-state index contributed by atoms with van der Waals surface area (Å²) in [6, 6.07) is 18.4. The third-order valence-electron chi connectivity index (χ3n) is 3.56. The van der Waals surface area contributed by atoms with Crippen molar-refractivity contribution in [3.8, 4) is 17.1 Å². The van der Waals surface area contributed by atoms with E-state index in [4.69, 9.17) is 11.6 Å². The molecule has 0 aliphatic heterocycles. The molecule has 1 aromatic heterocycles. The van der Waals surface area contributed by atoms with Crippen molar-refractivity contribution in [1.82, 2.24) is 0 Å². The Hall–Kier alpha value is -2.78. The van der Waals surface area contributed by atoms with Gasteiger partial charge in [0.25, 0.3) is 0 Å². The Bertz CT molecular complexity index is 867. The van der Waals surface area contributed by atoms with Crippen molar-refractivity contribution in [3.05, 3.63) is 85.1 Å². The van der Waals surface area contributed by atoms with E-state index in [0.717, 1.165) is 17.1 Å². The second-order valence-corrected chi connectivity index (χ2v) is 5.47. The third-order valence-corrected chi connectivity index (χ3v) is 3.89. The summed E-state index contributed by atoms with van der Waals surface area (Å²) in [5.74, 6) is 1.75. The first-order chi connectivity index (χ1) is 11.1. The van der Waals surface area contributed by atoms with Crippen molar-refractivity contribution in [3.63, 3.8) is 0 Å². The fourth-order valence-corrected chi connectivity index (χ4v) is 2.60. The molecule has 0 spiro atoms. The van der Waals surface area contributed by atoms with Crippen LogP contribution < -0.4 is 0 Å². The zero-order valence-electron chi connectivity index (χ0n) is 12.4. The summed E-state index contributed by atoms with van der Waals surface area (Å²) in [5.41, 5.74) is 1.49. The molecule has 0 radical (unpaired) electrons. The lowest BCUT2D eigenvalue weighted by molar-refractivity contribution is -0.382. The number of benzene rings is 2. The van der Waals surface area contributed by atoms with E-state index in [9.17, 15) is 5.11 Å². The summed E-state index contributed by atoms with van der Waals surface area (Å²) in [7, 11) is 3.99. The summed E-state index contributed by atoms with van der Waals surface area (Å²) >= 11 is 6.24. The average Bonchev–Trinajstić information content (AvgIpc) is 2.89. The van der Waals surface area contributed by atoms with Gasteiger partial charge in [-0.05, 0) is 18.2 Å². The molecule has 0 aliphatic carbocycles. The highest BCUT2D eigenvalue weighted by molar-refractivity contribution is 6.33. The maximum absolute atomic E-state index is 9.90.